The number of carbonyl (C=O) groups excluding carboxylic acids is 1. The summed E-state index contributed by atoms with van der Waals surface area (Å²) in [6, 6.07) is 0. The minimum absolute atomic E-state index is 0.0812. The molecule has 1 atom stereocenters. The van der Waals surface area contributed by atoms with Crippen molar-refractivity contribution in [1.29, 1.82) is 0 Å². The Hall–Kier alpha value is -0.610. The fourth-order valence-corrected chi connectivity index (χ4v) is 2.72. The minimum Gasteiger partial charge on any atom is -0.465 e. The standard InChI is InChI=1S/C15H30N2O2/c1-5-7-8-11-17(4)12-15(16-3,13-9-10-13)14(18)19-6-2/h13,16H,5-12H2,1-4H3. The van der Waals surface area contributed by atoms with E-state index in [4.69, 9.17) is 4.74 Å². The van der Waals surface area contributed by atoms with Crippen LogP contribution in [0, 0.1) is 5.92 Å². The highest BCUT2D eigenvalue weighted by Crippen LogP contribution is 2.40. The van der Waals surface area contributed by atoms with Crippen molar-refractivity contribution in [3.63, 3.8) is 0 Å². The smallest absolute Gasteiger partial charge is 0.327 e. The van der Waals surface area contributed by atoms with E-state index < -0.39 is 5.54 Å². The first-order chi connectivity index (χ1) is 9.10. The summed E-state index contributed by atoms with van der Waals surface area (Å²) in [4.78, 5) is 14.6. The molecular formula is C15H30N2O2. The lowest BCUT2D eigenvalue weighted by atomic mass is 9.92. The molecule has 1 N–H and O–H groups in total. The van der Waals surface area contributed by atoms with Crippen molar-refractivity contribution in [1.82, 2.24) is 10.2 Å². The van der Waals surface area contributed by atoms with Crippen LogP contribution in [0.4, 0.5) is 0 Å². The van der Waals surface area contributed by atoms with Crippen LogP contribution in [0.5, 0.6) is 0 Å². The zero-order valence-corrected chi connectivity index (χ0v) is 13.0. The number of carbonyl (C=O) groups is 1. The number of rotatable bonds is 10. The molecule has 112 valence electrons. The van der Waals surface area contributed by atoms with E-state index in [9.17, 15) is 4.79 Å². The Morgan fingerprint density at radius 3 is 2.53 bits per heavy atom. The van der Waals surface area contributed by atoms with Crippen LogP contribution in [0.3, 0.4) is 0 Å². The molecule has 0 aromatic carbocycles. The summed E-state index contributed by atoms with van der Waals surface area (Å²) in [6.07, 6.45) is 5.93. The van der Waals surface area contributed by atoms with Gasteiger partial charge in [-0.1, -0.05) is 19.8 Å². The first-order valence-corrected chi connectivity index (χ1v) is 7.65. The molecule has 0 spiro atoms. The zero-order chi connectivity index (χ0) is 14.3. The summed E-state index contributed by atoms with van der Waals surface area (Å²) >= 11 is 0. The number of esters is 1. The van der Waals surface area contributed by atoms with Crippen molar-refractivity contribution >= 4 is 5.97 Å². The Labute approximate surface area is 117 Å². The van der Waals surface area contributed by atoms with Gasteiger partial charge in [-0.15, -0.1) is 0 Å². The Morgan fingerprint density at radius 1 is 1.37 bits per heavy atom. The first kappa shape index (κ1) is 16.4. The molecule has 0 aromatic rings. The molecule has 0 aliphatic heterocycles. The minimum atomic E-state index is -0.503. The maximum absolute atomic E-state index is 12.3. The molecule has 4 nitrogen and oxygen atoms in total. The molecular weight excluding hydrogens is 240 g/mol. The predicted octanol–water partition coefficient (Wildman–Crippen LogP) is 2.04. The molecule has 1 fully saturated rings. The summed E-state index contributed by atoms with van der Waals surface area (Å²) in [7, 11) is 3.98. The van der Waals surface area contributed by atoms with Gasteiger partial charge in [0.1, 0.15) is 5.54 Å². The third kappa shape index (κ3) is 4.46. The van der Waals surface area contributed by atoms with Crippen LogP contribution in [0.25, 0.3) is 0 Å². The van der Waals surface area contributed by atoms with Gasteiger partial charge in [0.05, 0.1) is 6.61 Å². The lowest BCUT2D eigenvalue weighted by Crippen LogP contribution is -2.59. The fraction of sp³-hybridized carbons (Fsp3) is 0.933. The normalized spacial score (nSPS) is 18.4. The number of likely N-dealkylation sites (N-methyl/N-ethyl adjacent to an activating group) is 2. The largest absolute Gasteiger partial charge is 0.465 e. The van der Waals surface area contributed by atoms with Gasteiger partial charge in [-0.25, -0.2) is 4.79 Å². The molecule has 1 saturated carbocycles. The van der Waals surface area contributed by atoms with E-state index in [1.165, 1.54) is 19.3 Å². The van der Waals surface area contributed by atoms with E-state index >= 15 is 0 Å². The molecule has 0 heterocycles. The molecule has 0 bridgehead atoms. The third-order valence-corrected chi connectivity index (χ3v) is 4.02. The number of unbranched alkanes of at least 4 members (excludes halogenated alkanes) is 2. The highest BCUT2D eigenvalue weighted by molar-refractivity contribution is 5.82. The highest BCUT2D eigenvalue weighted by Gasteiger charge is 2.51. The molecule has 0 aromatic heterocycles. The van der Waals surface area contributed by atoms with Crippen LogP contribution in [0.1, 0.15) is 46.0 Å². The van der Waals surface area contributed by atoms with E-state index in [-0.39, 0.29) is 5.97 Å². The van der Waals surface area contributed by atoms with Crippen molar-refractivity contribution in [3.05, 3.63) is 0 Å². The molecule has 0 radical (unpaired) electrons. The average Bonchev–Trinajstić information content (AvgIpc) is 3.21. The topological polar surface area (TPSA) is 41.6 Å². The zero-order valence-electron chi connectivity index (χ0n) is 13.0. The molecule has 19 heavy (non-hydrogen) atoms. The lowest BCUT2D eigenvalue weighted by Gasteiger charge is -2.35. The molecule has 1 aliphatic carbocycles. The fourth-order valence-electron chi connectivity index (χ4n) is 2.72. The molecule has 0 amide bonds. The summed E-state index contributed by atoms with van der Waals surface area (Å²) in [5.41, 5.74) is -0.503. The second-order valence-electron chi connectivity index (χ2n) is 5.66. The number of nitrogens with one attached hydrogen (secondary N) is 1. The molecule has 4 heteroatoms. The van der Waals surface area contributed by atoms with E-state index in [2.05, 4.69) is 24.2 Å². The second-order valence-corrected chi connectivity index (χ2v) is 5.66. The summed E-state index contributed by atoms with van der Waals surface area (Å²) in [6.45, 7) is 6.32. The maximum atomic E-state index is 12.3. The van der Waals surface area contributed by atoms with Crippen molar-refractivity contribution in [2.75, 3.05) is 33.8 Å². The summed E-state index contributed by atoms with van der Waals surface area (Å²) in [5, 5.41) is 3.27. The van der Waals surface area contributed by atoms with E-state index in [1.54, 1.807) is 0 Å². The van der Waals surface area contributed by atoms with Gasteiger partial charge in [0.15, 0.2) is 0 Å². The lowest BCUT2D eigenvalue weighted by molar-refractivity contribution is -0.153. The van der Waals surface area contributed by atoms with E-state index in [1.807, 2.05) is 14.0 Å². The molecule has 1 rings (SSSR count). The van der Waals surface area contributed by atoms with Crippen molar-refractivity contribution in [3.8, 4) is 0 Å². The SMILES string of the molecule is CCCCCN(C)CC(NC)(C(=O)OCC)C1CC1. The summed E-state index contributed by atoms with van der Waals surface area (Å²) < 4.78 is 5.30. The van der Waals surface area contributed by atoms with Crippen LogP contribution in [-0.2, 0) is 9.53 Å². The maximum Gasteiger partial charge on any atom is 0.327 e. The van der Waals surface area contributed by atoms with Crippen LogP contribution in [-0.4, -0.2) is 50.2 Å². The van der Waals surface area contributed by atoms with Gasteiger partial charge < -0.3 is 15.0 Å². The second kappa shape index (κ2) is 7.85. The average molecular weight is 270 g/mol. The Morgan fingerprint density at radius 2 is 2.05 bits per heavy atom. The Balaban J connectivity index is 2.60. The van der Waals surface area contributed by atoms with Crippen LogP contribution >= 0.6 is 0 Å². The predicted molar refractivity (Wildman–Crippen MR) is 78.2 cm³/mol. The van der Waals surface area contributed by atoms with Gasteiger partial charge in [0, 0.05) is 6.54 Å². The quantitative estimate of drug-likeness (QED) is 0.487. The van der Waals surface area contributed by atoms with Crippen molar-refractivity contribution in [2.45, 2.75) is 51.5 Å². The number of hydrogen-bond donors (Lipinski definition) is 1. The Kier molecular flexibility index (Phi) is 6.80. The van der Waals surface area contributed by atoms with Gasteiger partial charge in [0.25, 0.3) is 0 Å². The van der Waals surface area contributed by atoms with Gasteiger partial charge in [0.2, 0.25) is 0 Å². The van der Waals surface area contributed by atoms with Crippen molar-refractivity contribution < 1.29 is 9.53 Å². The van der Waals surface area contributed by atoms with Gasteiger partial charge in [-0.2, -0.15) is 0 Å². The monoisotopic (exact) mass is 270 g/mol. The van der Waals surface area contributed by atoms with E-state index in [0.29, 0.717) is 12.5 Å². The third-order valence-electron chi connectivity index (χ3n) is 4.02. The van der Waals surface area contributed by atoms with Crippen LogP contribution < -0.4 is 5.32 Å². The van der Waals surface area contributed by atoms with Crippen molar-refractivity contribution in [2.24, 2.45) is 5.92 Å². The van der Waals surface area contributed by atoms with Gasteiger partial charge in [-0.05, 0) is 52.7 Å². The molecule has 0 saturated heterocycles. The van der Waals surface area contributed by atoms with Crippen LogP contribution in [0.15, 0.2) is 0 Å². The Bertz CT molecular complexity index is 279. The summed E-state index contributed by atoms with van der Waals surface area (Å²) in [5.74, 6) is 0.354. The van der Waals surface area contributed by atoms with Crippen LogP contribution in [0.2, 0.25) is 0 Å². The molecule has 1 unspecified atom stereocenters. The van der Waals surface area contributed by atoms with E-state index in [0.717, 1.165) is 25.9 Å². The van der Waals surface area contributed by atoms with Gasteiger partial charge in [-0.3, -0.25) is 0 Å². The number of nitrogens with zero attached hydrogens (tertiary/aromatic N) is 1. The highest BCUT2D eigenvalue weighted by atomic mass is 16.5. The molecule has 1 aliphatic rings. The number of hydrogen-bond acceptors (Lipinski definition) is 4. The number of ether oxygens (including phenoxy) is 1. The van der Waals surface area contributed by atoms with Gasteiger partial charge >= 0.3 is 5.97 Å². The first-order valence-electron chi connectivity index (χ1n) is 7.65.